The number of thiophene rings is 7. The predicted molar refractivity (Wildman–Crippen MR) is 542 cm³/mol. The number of para-hydroxylation sites is 1. The highest BCUT2D eigenvalue weighted by molar-refractivity contribution is 7.42. The lowest BCUT2D eigenvalue weighted by Gasteiger charge is -2.34. The second kappa shape index (κ2) is 28.3. The summed E-state index contributed by atoms with van der Waals surface area (Å²) in [6.45, 7) is 0.600. The number of benzene rings is 17. The third-order valence-electron chi connectivity index (χ3n) is 25.1. The molecule has 0 radical (unpaired) electrons. The monoisotopic (exact) mass is 1680 g/mol. The zero-order valence-electron chi connectivity index (χ0n) is 65.3. The molecule has 3 aliphatic rings. The van der Waals surface area contributed by atoms with Crippen LogP contribution in [0.5, 0.6) is 0 Å². The molecule has 0 amide bonds. The summed E-state index contributed by atoms with van der Waals surface area (Å²) in [5, 5.41) is 20.7. The summed E-state index contributed by atoms with van der Waals surface area (Å²) in [5.74, 6) is 0. The zero-order chi connectivity index (χ0) is 79.8. The van der Waals surface area contributed by atoms with Crippen LogP contribution in [-0.2, 0) is 0 Å². The van der Waals surface area contributed by atoms with E-state index >= 15 is 0 Å². The number of hydrogen-bond donors (Lipinski definition) is 0. The Morgan fingerprint density at radius 2 is 0.402 bits per heavy atom. The first-order valence-corrected chi connectivity index (χ1v) is 47.1. The summed E-state index contributed by atoms with van der Waals surface area (Å²) in [6, 6.07) is 142. The number of furan rings is 1. The minimum absolute atomic E-state index is 0.192. The summed E-state index contributed by atoms with van der Waals surface area (Å²) >= 11 is 13.5. The van der Waals surface area contributed by atoms with Crippen molar-refractivity contribution >= 4 is 331 Å². The van der Waals surface area contributed by atoms with Crippen molar-refractivity contribution in [3.8, 4) is 0 Å². The van der Waals surface area contributed by atoms with Crippen LogP contribution in [0.2, 0.25) is 0 Å². The fourth-order valence-corrected chi connectivity index (χ4v) is 29.2. The van der Waals surface area contributed by atoms with Crippen LogP contribution in [0, 0.1) is 0 Å². The standard InChI is InChI=1S/C40H24BNS2.C34H20BNOS2.C34H20BNS3/c1-2-12-25(13-3-1)41-39-37(32-18-8-10-20-35(32)43-39)42(38-33-19-9-11-21-36(33)44-40(38)41)26-22-23-31-29-16-5-4-14-27(29)28-15-6-7-17-30(28)34(31)24-26;1-2-10-21(11-3-1)35-33-31(25-13-5-8-16-29(25)38-33)36(32-26-14-6-9-17-30(26)39-34(32)35)22-18-19-24-23-12-4-7-15-27(23)37-28(24)20-22;1-2-10-21(11-3-1)35-33-31(24-13-5-8-16-28(24)38-33)36(32-25-14-6-9-17-29(25)39-34(32)35)22-18-19-30-26(20-22)23-12-4-7-15-27(23)37-30/h1-24H;2*1-20H. The van der Waals surface area contributed by atoms with E-state index in [9.17, 15) is 0 Å². The Hall–Kier alpha value is -13.1. The van der Waals surface area contributed by atoms with E-state index in [1.165, 1.54) is 204 Å². The normalized spacial score (nSPS) is 13.0. The largest absolute Gasteiger partial charge is 0.456 e. The first-order chi connectivity index (χ1) is 60.5. The average molecular weight is 1680 g/mol. The number of rotatable bonds is 6. The molecule has 0 aliphatic carbocycles. The van der Waals surface area contributed by atoms with Gasteiger partial charge in [-0.05, 0) is 123 Å². The molecule has 122 heavy (non-hydrogen) atoms. The summed E-state index contributed by atoms with van der Waals surface area (Å²) in [7, 11) is 0. The van der Waals surface area contributed by atoms with Crippen LogP contribution in [0.25, 0.3) is 135 Å². The number of anilines is 9. The van der Waals surface area contributed by atoms with E-state index in [-0.39, 0.29) is 20.1 Å². The van der Waals surface area contributed by atoms with E-state index in [2.05, 4.69) is 397 Å². The number of fused-ring (bicyclic) bond motifs is 30. The van der Waals surface area contributed by atoms with Gasteiger partial charge in [0.2, 0.25) is 0 Å². The number of nitrogens with zero attached hydrogens (tertiary/aromatic N) is 3. The van der Waals surface area contributed by atoms with Crippen LogP contribution in [0.3, 0.4) is 0 Å². The topological polar surface area (TPSA) is 22.9 Å². The van der Waals surface area contributed by atoms with Crippen molar-refractivity contribution < 1.29 is 4.42 Å². The van der Waals surface area contributed by atoms with E-state index in [4.69, 9.17) is 4.42 Å². The smallest absolute Gasteiger partial charge is 0.272 e. The van der Waals surface area contributed by atoms with Crippen molar-refractivity contribution in [2.24, 2.45) is 0 Å². The van der Waals surface area contributed by atoms with Gasteiger partial charge in [0, 0.05) is 143 Å². The number of hydrogen-bond acceptors (Lipinski definition) is 11. The van der Waals surface area contributed by atoms with Crippen LogP contribution >= 0.6 is 79.4 Å². The van der Waals surface area contributed by atoms with Gasteiger partial charge in [0.15, 0.2) is 0 Å². The molecule has 25 aromatic rings. The van der Waals surface area contributed by atoms with E-state index in [0.717, 1.165) is 27.6 Å². The minimum Gasteiger partial charge on any atom is -0.456 e. The molecule has 28 rings (SSSR count). The molecule has 8 aromatic heterocycles. The van der Waals surface area contributed by atoms with Gasteiger partial charge in [0.1, 0.15) is 11.2 Å². The fourth-order valence-electron chi connectivity index (χ4n) is 19.9. The predicted octanol–water partition coefficient (Wildman–Crippen LogP) is 27.0. The van der Waals surface area contributed by atoms with Crippen molar-refractivity contribution in [3.63, 3.8) is 0 Å². The summed E-state index contributed by atoms with van der Waals surface area (Å²) in [6.07, 6.45) is 0. The molecular weight excluding hydrogens is 1610 g/mol. The molecule has 0 spiro atoms. The average Bonchev–Trinajstić information content (AvgIpc) is 1.53. The van der Waals surface area contributed by atoms with Crippen LogP contribution in [0.15, 0.2) is 393 Å². The van der Waals surface area contributed by atoms with E-state index in [1.54, 1.807) is 0 Å². The fraction of sp³-hybridized carbons (Fsp3) is 0. The van der Waals surface area contributed by atoms with Crippen LogP contribution in [0.4, 0.5) is 51.2 Å². The van der Waals surface area contributed by atoms with E-state index < -0.39 is 0 Å². The molecular formula is C108H64B3N3OS7. The Bertz CT molecular complexity index is 8280. The van der Waals surface area contributed by atoms with Gasteiger partial charge in [0.25, 0.3) is 20.1 Å². The third kappa shape index (κ3) is 10.9. The molecule has 0 saturated carbocycles. The summed E-state index contributed by atoms with van der Waals surface area (Å²) in [4.78, 5) is 7.67. The van der Waals surface area contributed by atoms with Crippen LogP contribution < -0.4 is 59.7 Å². The first kappa shape index (κ1) is 70.7. The Balaban J connectivity index is 0.0000000987. The highest BCUT2D eigenvalue weighted by Crippen LogP contribution is 2.54. The zero-order valence-corrected chi connectivity index (χ0v) is 71.0. The van der Waals surface area contributed by atoms with Gasteiger partial charge in [-0.15, -0.1) is 79.4 Å². The molecule has 17 aromatic carbocycles. The van der Waals surface area contributed by atoms with Crippen LogP contribution in [-0.4, -0.2) is 20.1 Å². The van der Waals surface area contributed by atoms with Crippen molar-refractivity contribution in [1.82, 2.24) is 0 Å². The van der Waals surface area contributed by atoms with E-state index in [0.29, 0.717) is 0 Å². The van der Waals surface area contributed by atoms with Gasteiger partial charge in [-0.25, -0.2) is 0 Å². The lowest BCUT2D eigenvalue weighted by molar-refractivity contribution is 0.669. The maximum absolute atomic E-state index is 6.37. The maximum atomic E-state index is 6.37. The summed E-state index contributed by atoms with van der Waals surface area (Å²) in [5.41, 5.74) is 17.3. The van der Waals surface area contributed by atoms with Crippen molar-refractivity contribution in [3.05, 3.63) is 388 Å². The second-order valence-electron chi connectivity index (χ2n) is 31.8. The summed E-state index contributed by atoms with van der Waals surface area (Å²) < 4.78 is 25.5. The highest BCUT2D eigenvalue weighted by atomic mass is 32.1. The maximum Gasteiger partial charge on any atom is 0.272 e. The van der Waals surface area contributed by atoms with Gasteiger partial charge in [0.05, 0.1) is 34.1 Å². The van der Waals surface area contributed by atoms with Crippen LogP contribution in [0.1, 0.15) is 0 Å². The van der Waals surface area contributed by atoms with E-state index in [1.807, 2.05) is 85.4 Å². The molecule has 3 aliphatic heterocycles. The molecule has 14 heteroatoms. The van der Waals surface area contributed by atoms with Crippen molar-refractivity contribution in [2.75, 3.05) is 14.7 Å². The molecule has 11 heterocycles. The second-order valence-corrected chi connectivity index (χ2v) is 39.4. The molecule has 0 atom stereocenters. The Labute approximate surface area is 731 Å². The quantitative estimate of drug-likeness (QED) is 0.122. The van der Waals surface area contributed by atoms with Gasteiger partial charge in [-0.2, -0.15) is 0 Å². The van der Waals surface area contributed by atoms with Gasteiger partial charge < -0.3 is 19.1 Å². The third-order valence-corrected chi connectivity index (χ3v) is 33.6. The Kier molecular flexibility index (Phi) is 16.4. The molecule has 0 unspecified atom stereocenters. The highest BCUT2D eigenvalue weighted by Gasteiger charge is 2.45. The Morgan fingerprint density at radius 3 is 0.762 bits per heavy atom. The molecule has 0 fully saturated rings. The first-order valence-electron chi connectivity index (χ1n) is 41.3. The molecule has 0 N–H and O–H groups in total. The Morgan fingerprint density at radius 1 is 0.164 bits per heavy atom. The van der Waals surface area contributed by atoms with Crippen molar-refractivity contribution in [1.29, 1.82) is 0 Å². The van der Waals surface area contributed by atoms with Gasteiger partial charge in [-0.3, -0.25) is 0 Å². The minimum atomic E-state index is 0.192. The van der Waals surface area contributed by atoms with Gasteiger partial charge in [-0.1, -0.05) is 308 Å². The molecule has 0 saturated heterocycles. The lowest BCUT2D eigenvalue weighted by Crippen LogP contribution is -2.54. The molecule has 0 bridgehead atoms. The molecule has 4 nitrogen and oxygen atoms in total. The van der Waals surface area contributed by atoms with Gasteiger partial charge >= 0.3 is 0 Å². The lowest BCUT2D eigenvalue weighted by atomic mass is 9.41. The SMILES string of the molecule is c1ccc(B2c3sc4ccccc4c3N(c3ccc4c(c3)oc3ccccc34)c3c2sc2ccccc32)cc1.c1ccc(B2c3sc4ccccc4c3N(c3ccc4c5ccccc5c5ccccc5c4c3)c3c2sc2ccccc32)cc1.c1ccc(B2c3sc4ccccc4c3N(c3ccc4sc5ccccc5c4c3)c3c2sc2ccccc32)cc1. The van der Waals surface area contributed by atoms with Crippen molar-refractivity contribution in [2.45, 2.75) is 0 Å². The molecule has 568 valence electrons.